The first-order valence-electron chi connectivity index (χ1n) is 8.26. The highest BCUT2D eigenvalue weighted by Gasteiger charge is 2.16. The lowest BCUT2D eigenvalue weighted by molar-refractivity contribution is -0.125. The van der Waals surface area contributed by atoms with E-state index in [2.05, 4.69) is 10.3 Å². The average molecular weight is 344 g/mol. The molecule has 0 saturated carbocycles. The van der Waals surface area contributed by atoms with Crippen molar-refractivity contribution in [2.45, 2.75) is 31.6 Å². The minimum Gasteiger partial charge on any atom is -0.394 e. The molecule has 1 amide bonds. The molecule has 0 spiro atoms. The largest absolute Gasteiger partial charge is 0.394 e. The molecular formula is C19H24N2O4. The molecule has 2 atom stereocenters. The standard InChI is InChI=1S/C19H24N2O4/c22-12-17(9-16-7-4-8-20-11-16)21-19(24)10-18(23)14-25-13-15-5-2-1-3-6-15/h1-8,11,17-18,22-23H,9-10,12-14H2,(H,21,24). The highest BCUT2D eigenvalue weighted by molar-refractivity contribution is 5.76. The van der Waals surface area contributed by atoms with E-state index < -0.39 is 12.1 Å². The number of aliphatic hydroxyl groups excluding tert-OH is 2. The van der Waals surface area contributed by atoms with E-state index in [1.54, 1.807) is 18.5 Å². The maximum atomic E-state index is 12.0. The van der Waals surface area contributed by atoms with Crippen LogP contribution < -0.4 is 5.32 Å². The van der Waals surface area contributed by atoms with Crippen molar-refractivity contribution in [1.29, 1.82) is 0 Å². The average Bonchev–Trinajstić information content (AvgIpc) is 2.63. The number of nitrogens with zero attached hydrogens (tertiary/aromatic N) is 1. The van der Waals surface area contributed by atoms with Gasteiger partial charge in [0, 0.05) is 12.4 Å². The number of amides is 1. The van der Waals surface area contributed by atoms with Crippen LogP contribution >= 0.6 is 0 Å². The van der Waals surface area contributed by atoms with Gasteiger partial charge >= 0.3 is 0 Å². The zero-order valence-corrected chi connectivity index (χ0v) is 14.0. The monoisotopic (exact) mass is 344 g/mol. The predicted octanol–water partition coefficient (Wildman–Crippen LogP) is 1.07. The Morgan fingerprint density at radius 1 is 1.16 bits per heavy atom. The summed E-state index contributed by atoms with van der Waals surface area (Å²) < 4.78 is 5.42. The molecule has 0 fully saturated rings. The normalized spacial score (nSPS) is 13.2. The fourth-order valence-corrected chi connectivity index (χ4v) is 2.41. The second kappa shape index (κ2) is 10.6. The van der Waals surface area contributed by atoms with Gasteiger partial charge in [0.05, 0.1) is 38.4 Å². The minimum atomic E-state index is -0.888. The van der Waals surface area contributed by atoms with Crippen LogP contribution in [0.2, 0.25) is 0 Å². The smallest absolute Gasteiger partial charge is 0.222 e. The van der Waals surface area contributed by atoms with E-state index in [-0.39, 0.29) is 25.5 Å². The summed E-state index contributed by atoms with van der Waals surface area (Å²) >= 11 is 0. The van der Waals surface area contributed by atoms with E-state index in [1.807, 2.05) is 36.4 Å². The van der Waals surface area contributed by atoms with Gasteiger partial charge in [0.25, 0.3) is 0 Å². The van der Waals surface area contributed by atoms with Gasteiger partial charge in [0.1, 0.15) is 0 Å². The third-order valence-electron chi connectivity index (χ3n) is 3.63. The number of carbonyl (C=O) groups is 1. The first-order valence-corrected chi connectivity index (χ1v) is 8.26. The molecule has 0 saturated heterocycles. The SMILES string of the molecule is O=C(CC(O)COCc1ccccc1)NC(CO)Cc1cccnc1. The number of carbonyl (C=O) groups excluding carboxylic acids is 1. The highest BCUT2D eigenvalue weighted by Crippen LogP contribution is 2.04. The summed E-state index contributed by atoms with van der Waals surface area (Å²) in [5, 5.41) is 22.1. The quantitative estimate of drug-likeness (QED) is 0.600. The van der Waals surface area contributed by atoms with Gasteiger partial charge in [-0.25, -0.2) is 0 Å². The fraction of sp³-hybridized carbons (Fsp3) is 0.368. The van der Waals surface area contributed by atoms with Crippen LogP contribution in [0.1, 0.15) is 17.5 Å². The van der Waals surface area contributed by atoms with Crippen LogP contribution in [0, 0.1) is 0 Å². The number of ether oxygens (including phenoxy) is 1. The van der Waals surface area contributed by atoms with Crippen molar-refractivity contribution in [2.75, 3.05) is 13.2 Å². The van der Waals surface area contributed by atoms with Crippen LogP contribution in [0.15, 0.2) is 54.9 Å². The maximum Gasteiger partial charge on any atom is 0.222 e. The number of benzene rings is 1. The fourth-order valence-electron chi connectivity index (χ4n) is 2.41. The number of pyridine rings is 1. The topological polar surface area (TPSA) is 91.7 Å². The molecule has 3 N–H and O–H groups in total. The van der Waals surface area contributed by atoms with Crippen LogP contribution in [0.4, 0.5) is 0 Å². The second-order valence-corrected chi connectivity index (χ2v) is 5.87. The van der Waals surface area contributed by atoms with Crippen LogP contribution in [-0.4, -0.2) is 46.5 Å². The summed E-state index contributed by atoms with van der Waals surface area (Å²) in [6.07, 6.45) is 2.89. The second-order valence-electron chi connectivity index (χ2n) is 5.87. The Morgan fingerprint density at radius 3 is 2.60 bits per heavy atom. The molecule has 0 radical (unpaired) electrons. The van der Waals surface area contributed by atoms with Crippen molar-refractivity contribution in [3.05, 3.63) is 66.0 Å². The van der Waals surface area contributed by atoms with E-state index in [0.29, 0.717) is 13.0 Å². The van der Waals surface area contributed by atoms with Gasteiger partial charge in [-0.1, -0.05) is 36.4 Å². The Kier molecular flexibility index (Phi) is 8.04. The molecule has 2 unspecified atom stereocenters. The molecule has 0 aliphatic carbocycles. The molecule has 0 bridgehead atoms. The van der Waals surface area contributed by atoms with E-state index >= 15 is 0 Å². The lowest BCUT2D eigenvalue weighted by atomic mass is 10.1. The molecule has 0 aliphatic heterocycles. The van der Waals surface area contributed by atoms with E-state index in [9.17, 15) is 15.0 Å². The van der Waals surface area contributed by atoms with Gasteiger partial charge < -0.3 is 20.3 Å². The van der Waals surface area contributed by atoms with Crippen LogP contribution in [-0.2, 0) is 22.6 Å². The third-order valence-corrected chi connectivity index (χ3v) is 3.63. The summed E-state index contributed by atoms with van der Waals surface area (Å²) in [6.45, 7) is 0.287. The molecule has 1 heterocycles. The molecule has 134 valence electrons. The number of aromatic nitrogens is 1. The molecule has 1 aromatic heterocycles. The Labute approximate surface area is 147 Å². The van der Waals surface area contributed by atoms with Crippen LogP contribution in [0.25, 0.3) is 0 Å². The van der Waals surface area contributed by atoms with Gasteiger partial charge in [0.2, 0.25) is 5.91 Å². The van der Waals surface area contributed by atoms with Crippen molar-refractivity contribution < 1.29 is 19.7 Å². The van der Waals surface area contributed by atoms with E-state index in [1.165, 1.54) is 0 Å². The Bertz CT molecular complexity index is 622. The maximum absolute atomic E-state index is 12.0. The van der Waals surface area contributed by atoms with Gasteiger partial charge in [0.15, 0.2) is 0 Å². The Morgan fingerprint density at radius 2 is 1.92 bits per heavy atom. The summed E-state index contributed by atoms with van der Waals surface area (Å²) in [6, 6.07) is 12.9. The summed E-state index contributed by atoms with van der Waals surface area (Å²) in [5.41, 5.74) is 1.93. The summed E-state index contributed by atoms with van der Waals surface area (Å²) in [5.74, 6) is -0.321. The van der Waals surface area contributed by atoms with Gasteiger partial charge in [-0.05, 0) is 23.6 Å². The van der Waals surface area contributed by atoms with E-state index in [0.717, 1.165) is 11.1 Å². The lowest BCUT2D eigenvalue weighted by Crippen LogP contribution is -2.40. The van der Waals surface area contributed by atoms with Crippen molar-refractivity contribution in [1.82, 2.24) is 10.3 Å². The molecule has 0 aliphatic rings. The van der Waals surface area contributed by atoms with Gasteiger partial charge in [-0.2, -0.15) is 0 Å². The molecule has 6 heteroatoms. The van der Waals surface area contributed by atoms with Crippen molar-refractivity contribution in [3.63, 3.8) is 0 Å². The molecule has 1 aromatic carbocycles. The summed E-state index contributed by atoms with van der Waals surface area (Å²) in [4.78, 5) is 16.0. The van der Waals surface area contributed by atoms with E-state index in [4.69, 9.17) is 4.74 Å². The van der Waals surface area contributed by atoms with Crippen LogP contribution in [0.3, 0.4) is 0 Å². The highest BCUT2D eigenvalue weighted by atomic mass is 16.5. The third kappa shape index (κ3) is 7.43. The number of hydrogen-bond donors (Lipinski definition) is 3. The molecule has 2 rings (SSSR count). The van der Waals surface area contributed by atoms with Gasteiger partial charge in [-0.3, -0.25) is 9.78 Å². The van der Waals surface area contributed by atoms with Gasteiger partial charge in [-0.15, -0.1) is 0 Å². The van der Waals surface area contributed by atoms with Crippen molar-refractivity contribution in [2.24, 2.45) is 0 Å². The number of nitrogens with one attached hydrogen (secondary N) is 1. The van der Waals surface area contributed by atoms with Crippen LogP contribution in [0.5, 0.6) is 0 Å². The lowest BCUT2D eigenvalue weighted by Gasteiger charge is -2.18. The summed E-state index contributed by atoms with van der Waals surface area (Å²) in [7, 11) is 0. The molecular weight excluding hydrogens is 320 g/mol. The number of hydrogen-bond acceptors (Lipinski definition) is 5. The Balaban J connectivity index is 1.68. The van der Waals surface area contributed by atoms with Crippen molar-refractivity contribution in [3.8, 4) is 0 Å². The zero-order chi connectivity index (χ0) is 17.9. The van der Waals surface area contributed by atoms with Crippen molar-refractivity contribution >= 4 is 5.91 Å². The Hall–Kier alpha value is -2.28. The molecule has 2 aromatic rings. The molecule has 6 nitrogen and oxygen atoms in total. The number of rotatable bonds is 10. The zero-order valence-electron chi connectivity index (χ0n) is 14.0. The predicted molar refractivity (Wildman–Crippen MR) is 93.7 cm³/mol. The molecule has 25 heavy (non-hydrogen) atoms. The first kappa shape index (κ1) is 19.1. The number of aliphatic hydroxyl groups is 2. The first-order chi connectivity index (χ1) is 12.2. The minimum absolute atomic E-state index is 0.0711.